The highest BCUT2D eigenvalue weighted by atomic mass is 32.1. The molecule has 0 spiro atoms. The second-order valence-electron chi connectivity index (χ2n) is 4.81. The second-order valence-corrected chi connectivity index (χ2v) is 5.21. The SMILES string of the molecule is CCOC(=O)c1ccc(NC(=S)Nc2ccccc2OCC)cc1. The summed E-state index contributed by atoms with van der Waals surface area (Å²) in [6.07, 6.45) is 0. The molecule has 0 aliphatic rings. The summed E-state index contributed by atoms with van der Waals surface area (Å²) in [5.41, 5.74) is 2.07. The fourth-order valence-corrected chi connectivity index (χ4v) is 2.27. The molecule has 2 aromatic carbocycles. The molecule has 2 aromatic rings. The smallest absolute Gasteiger partial charge is 0.338 e. The van der Waals surface area contributed by atoms with Gasteiger partial charge < -0.3 is 20.1 Å². The van der Waals surface area contributed by atoms with Crippen molar-refractivity contribution in [2.75, 3.05) is 23.8 Å². The summed E-state index contributed by atoms with van der Waals surface area (Å²) >= 11 is 5.32. The number of nitrogens with one attached hydrogen (secondary N) is 2. The van der Waals surface area contributed by atoms with E-state index in [9.17, 15) is 4.79 Å². The van der Waals surface area contributed by atoms with Crippen LogP contribution < -0.4 is 15.4 Å². The average molecular weight is 344 g/mol. The van der Waals surface area contributed by atoms with Crippen LogP contribution >= 0.6 is 12.2 Å². The van der Waals surface area contributed by atoms with E-state index < -0.39 is 0 Å². The summed E-state index contributed by atoms with van der Waals surface area (Å²) in [4.78, 5) is 11.6. The van der Waals surface area contributed by atoms with Gasteiger partial charge in [-0.1, -0.05) is 12.1 Å². The lowest BCUT2D eigenvalue weighted by molar-refractivity contribution is 0.0526. The van der Waals surface area contributed by atoms with Gasteiger partial charge in [0.1, 0.15) is 5.75 Å². The van der Waals surface area contributed by atoms with Crippen LogP contribution in [0.15, 0.2) is 48.5 Å². The average Bonchev–Trinajstić information content (AvgIpc) is 2.58. The number of thiocarbonyl (C=S) groups is 1. The first-order chi connectivity index (χ1) is 11.6. The number of hydrogen-bond acceptors (Lipinski definition) is 4. The molecule has 0 aliphatic heterocycles. The third-order valence-electron chi connectivity index (χ3n) is 3.09. The van der Waals surface area contributed by atoms with Crippen molar-refractivity contribution in [3.63, 3.8) is 0 Å². The maximum Gasteiger partial charge on any atom is 0.338 e. The van der Waals surface area contributed by atoms with Crippen LogP contribution in [0.25, 0.3) is 0 Å². The van der Waals surface area contributed by atoms with Crippen LogP contribution in [0.5, 0.6) is 5.75 Å². The maximum absolute atomic E-state index is 11.6. The van der Waals surface area contributed by atoms with E-state index in [4.69, 9.17) is 21.7 Å². The molecular weight excluding hydrogens is 324 g/mol. The van der Waals surface area contributed by atoms with Crippen LogP contribution in [0.4, 0.5) is 11.4 Å². The van der Waals surface area contributed by atoms with E-state index in [1.165, 1.54) is 0 Å². The summed E-state index contributed by atoms with van der Waals surface area (Å²) in [7, 11) is 0. The topological polar surface area (TPSA) is 59.6 Å². The van der Waals surface area contributed by atoms with Crippen LogP contribution in [-0.2, 0) is 4.74 Å². The standard InChI is InChI=1S/C18H20N2O3S/c1-3-22-16-8-6-5-7-15(16)20-18(24)19-14-11-9-13(10-12-14)17(21)23-4-2/h5-12H,3-4H2,1-2H3,(H2,19,20,24). The summed E-state index contributed by atoms with van der Waals surface area (Å²) in [5.74, 6) is 0.400. The summed E-state index contributed by atoms with van der Waals surface area (Å²) in [6.45, 7) is 4.64. The van der Waals surface area contributed by atoms with E-state index in [1.807, 2.05) is 31.2 Å². The molecule has 0 saturated heterocycles. The van der Waals surface area contributed by atoms with Crippen molar-refractivity contribution in [2.24, 2.45) is 0 Å². The van der Waals surface area contributed by atoms with Gasteiger partial charge in [0.25, 0.3) is 0 Å². The van der Waals surface area contributed by atoms with Crippen molar-refractivity contribution in [3.05, 3.63) is 54.1 Å². The Balaban J connectivity index is 1.99. The summed E-state index contributed by atoms with van der Waals surface area (Å²) < 4.78 is 10.5. The first kappa shape index (κ1) is 17.7. The van der Waals surface area contributed by atoms with Crippen molar-refractivity contribution in [1.29, 1.82) is 0 Å². The monoisotopic (exact) mass is 344 g/mol. The molecule has 0 unspecified atom stereocenters. The van der Waals surface area contributed by atoms with Crippen molar-refractivity contribution in [1.82, 2.24) is 0 Å². The number of hydrogen-bond donors (Lipinski definition) is 2. The van der Waals surface area contributed by atoms with Gasteiger partial charge in [0.2, 0.25) is 0 Å². The number of ether oxygens (including phenoxy) is 2. The minimum Gasteiger partial charge on any atom is -0.492 e. The van der Waals surface area contributed by atoms with E-state index in [-0.39, 0.29) is 5.97 Å². The molecule has 2 N–H and O–H groups in total. The zero-order valence-electron chi connectivity index (χ0n) is 13.7. The predicted octanol–water partition coefficient (Wildman–Crippen LogP) is 4.07. The number of anilines is 2. The Morgan fingerprint density at radius 2 is 1.71 bits per heavy atom. The van der Waals surface area contributed by atoms with Gasteiger partial charge in [-0.25, -0.2) is 4.79 Å². The van der Waals surface area contributed by atoms with Gasteiger partial charge in [-0.3, -0.25) is 0 Å². The first-order valence-electron chi connectivity index (χ1n) is 7.71. The van der Waals surface area contributed by atoms with Crippen LogP contribution in [0, 0.1) is 0 Å². The van der Waals surface area contributed by atoms with E-state index in [2.05, 4.69) is 10.6 Å². The van der Waals surface area contributed by atoms with Gasteiger partial charge in [-0.05, 0) is 62.5 Å². The Morgan fingerprint density at radius 1 is 1.00 bits per heavy atom. The number of benzene rings is 2. The Bertz CT molecular complexity index is 702. The molecule has 0 aromatic heterocycles. The Kier molecular flexibility index (Phi) is 6.57. The van der Waals surface area contributed by atoms with Crippen LogP contribution in [0.2, 0.25) is 0 Å². The maximum atomic E-state index is 11.6. The molecule has 0 fully saturated rings. The largest absolute Gasteiger partial charge is 0.492 e. The summed E-state index contributed by atoms with van der Waals surface area (Å²) in [6, 6.07) is 14.5. The first-order valence-corrected chi connectivity index (χ1v) is 8.12. The number of carbonyl (C=O) groups is 1. The van der Waals surface area contributed by atoms with Crippen LogP contribution in [0.1, 0.15) is 24.2 Å². The second kappa shape index (κ2) is 8.88. The van der Waals surface area contributed by atoms with Gasteiger partial charge in [0.05, 0.1) is 24.5 Å². The minimum absolute atomic E-state index is 0.338. The highest BCUT2D eigenvalue weighted by Gasteiger charge is 2.07. The predicted molar refractivity (Wildman–Crippen MR) is 99.9 cm³/mol. The molecule has 24 heavy (non-hydrogen) atoms. The van der Waals surface area contributed by atoms with E-state index in [1.54, 1.807) is 31.2 Å². The molecule has 0 amide bonds. The zero-order valence-corrected chi connectivity index (χ0v) is 14.5. The number of carbonyl (C=O) groups excluding carboxylic acids is 1. The molecule has 2 rings (SSSR count). The van der Waals surface area contributed by atoms with Crippen molar-refractivity contribution < 1.29 is 14.3 Å². The molecule has 0 aliphatic carbocycles. The molecule has 0 saturated carbocycles. The van der Waals surface area contributed by atoms with Gasteiger partial charge in [-0.2, -0.15) is 0 Å². The molecule has 0 radical (unpaired) electrons. The molecular formula is C18H20N2O3S. The highest BCUT2D eigenvalue weighted by Crippen LogP contribution is 2.24. The zero-order chi connectivity index (χ0) is 17.4. The fourth-order valence-electron chi connectivity index (χ4n) is 2.04. The minimum atomic E-state index is -0.338. The molecule has 0 heterocycles. The third kappa shape index (κ3) is 4.96. The fraction of sp³-hybridized carbons (Fsp3) is 0.222. The lowest BCUT2D eigenvalue weighted by Gasteiger charge is -2.14. The normalized spacial score (nSPS) is 9.92. The summed E-state index contributed by atoms with van der Waals surface area (Å²) in [5, 5.41) is 6.61. The van der Waals surface area contributed by atoms with E-state index >= 15 is 0 Å². The van der Waals surface area contributed by atoms with E-state index in [0.29, 0.717) is 23.9 Å². The molecule has 0 bridgehead atoms. The quantitative estimate of drug-likeness (QED) is 0.608. The van der Waals surface area contributed by atoms with Gasteiger partial charge in [-0.15, -0.1) is 0 Å². The van der Waals surface area contributed by atoms with E-state index in [0.717, 1.165) is 17.1 Å². The van der Waals surface area contributed by atoms with Gasteiger partial charge in [0, 0.05) is 5.69 Å². The van der Waals surface area contributed by atoms with Gasteiger partial charge >= 0.3 is 5.97 Å². The Morgan fingerprint density at radius 3 is 2.38 bits per heavy atom. The lowest BCUT2D eigenvalue weighted by Crippen LogP contribution is -2.19. The highest BCUT2D eigenvalue weighted by molar-refractivity contribution is 7.80. The molecule has 6 heteroatoms. The third-order valence-corrected chi connectivity index (χ3v) is 3.29. The molecule has 0 atom stereocenters. The van der Waals surface area contributed by atoms with Crippen LogP contribution in [-0.4, -0.2) is 24.3 Å². The van der Waals surface area contributed by atoms with Gasteiger partial charge in [0.15, 0.2) is 5.11 Å². The lowest BCUT2D eigenvalue weighted by atomic mass is 10.2. The van der Waals surface area contributed by atoms with Crippen LogP contribution in [0.3, 0.4) is 0 Å². The number of para-hydroxylation sites is 2. The molecule has 126 valence electrons. The van der Waals surface area contributed by atoms with Crippen molar-refractivity contribution >= 4 is 34.7 Å². The number of esters is 1. The number of rotatable bonds is 6. The Labute approximate surface area is 147 Å². The van der Waals surface area contributed by atoms with Crippen molar-refractivity contribution in [3.8, 4) is 5.75 Å². The van der Waals surface area contributed by atoms with Crippen molar-refractivity contribution in [2.45, 2.75) is 13.8 Å². The molecule has 5 nitrogen and oxygen atoms in total. The Hall–Kier alpha value is -2.60.